The van der Waals surface area contributed by atoms with E-state index in [9.17, 15) is 5.11 Å². The van der Waals surface area contributed by atoms with Crippen LogP contribution >= 0.6 is 0 Å². The number of nitrogens with one attached hydrogen (secondary N) is 2. The van der Waals surface area contributed by atoms with Gasteiger partial charge in [0.25, 0.3) is 0 Å². The molecule has 1 atom stereocenters. The van der Waals surface area contributed by atoms with Crippen molar-refractivity contribution in [3.63, 3.8) is 0 Å². The van der Waals surface area contributed by atoms with E-state index in [0.29, 0.717) is 6.04 Å². The molecule has 0 aromatic heterocycles. The minimum absolute atomic E-state index is 0.0225. The lowest BCUT2D eigenvalue weighted by Crippen LogP contribution is -2.38. The van der Waals surface area contributed by atoms with Crippen LogP contribution in [-0.4, -0.2) is 24.8 Å². The highest BCUT2D eigenvalue weighted by Crippen LogP contribution is 2.28. The molecule has 1 aliphatic rings. The maximum absolute atomic E-state index is 9.70. The molecule has 0 aliphatic carbocycles. The molecular formula is C17H28N2O. The van der Waals surface area contributed by atoms with Crippen molar-refractivity contribution in [3.8, 4) is 0 Å². The summed E-state index contributed by atoms with van der Waals surface area (Å²) in [5, 5.41) is 16.9. The summed E-state index contributed by atoms with van der Waals surface area (Å²) >= 11 is 0. The fraction of sp³-hybridized carbons (Fsp3) is 0.647. The van der Waals surface area contributed by atoms with Crippen molar-refractivity contribution in [1.82, 2.24) is 10.6 Å². The molecule has 1 aromatic rings. The minimum atomic E-state index is 0.0225. The van der Waals surface area contributed by atoms with Crippen LogP contribution in [0.5, 0.6) is 0 Å². The van der Waals surface area contributed by atoms with E-state index in [4.69, 9.17) is 0 Å². The number of rotatable bonds is 6. The van der Waals surface area contributed by atoms with E-state index in [1.807, 2.05) is 0 Å². The van der Waals surface area contributed by atoms with Crippen LogP contribution in [0.15, 0.2) is 24.3 Å². The van der Waals surface area contributed by atoms with Gasteiger partial charge in [0.2, 0.25) is 0 Å². The Balaban J connectivity index is 2.09. The van der Waals surface area contributed by atoms with Crippen LogP contribution < -0.4 is 10.6 Å². The lowest BCUT2D eigenvalue weighted by molar-refractivity contribution is 0.109. The molecule has 3 nitrogen and oxygen atoms in total. The zero-order valence-corrected chi connectivity index (χ0v) is 12.8. The minimum Gasteiger partial charge on any atom is -0.396 e. The summed E-state index contributed by atoms with van der Waals surface area (Å²) in [5.41, 5.74) is 2.83. The third-order valence-corrected chi connectivity index (χ3v) is 4.91. The van der Waals surface area contributed by atoms with E-state index >= 15 is 0 Å². The lowest BCUT2D eigenvalue weighted by Gasteiger charge is -2.32. The Morgan fingerprint density at radius 2 is 2.05 bits per heavy atom. The van der Waals surface area contributed by atoms with Crippen LogP contribution in [0.25, 0.3) is 0 Å². The van der Waals surface area contributed by atoms with Crippen LogP contribution in [0.1, 0.15) is 50.3 Å². The summed E-state index contributed by atoms with van der Waals surface area (Å²) in [6.45, 7) is 7.49. The Bertz CT molecular complexity index is 407. The molecule has 20 heavy (non-hydrogen) atoms. The van der Waals surface area contributed by atoms with Gasteiger partial charge in [0.15, 0.2) is 0 Å². The van der Waals surface area contributed by atoms with Gasteiger partial charge in [-0.3, -0.25) is 0 Å². The lowest BCUT2D eigenvalue weighted by atomic mass is 9.82. The van der Waals surface area contributed by atoms with E-state index in [1.165, 1.54) is 11.1 Å². The molecule has 0 radical (unpaired) electrons. The summed E-state index contributed by atoms with van der Waals surface area (Å²) in [7, 11) is 0. The zero-order chi connectivity index (χ0) is 14.4. The van der Waals surface area contributed by atoms with Crippen LogP contribution in [0.2, 0.25) is 0 Å². The average Bonchev–Trinajstić information content (AvgIpc) is 2.72. The number of hydrogen-bond donors (Lipinski definition) is 3. The van der Waals surface area contributed by atoms with Gasteiger partial charge >= 0.3 is 0 Å². The molecule has 112 valence electrons. The summed E-state index contributed by atoms with van der Waals surface area (Å²) in [5.74, 6) is 0. The molecule has 3 N–H and O–H groups in total. The van der Waals surface area contributed by atoms with Gasteiger partial charge in [0, 0.05) is 31.2 Å². The van der Waals surface area contributed by atoms with E-state index in [1.54, 1.807) is 0 Å². The van der Waals surface area contributed by atoms with Crippen molar-refractivity contribution >= 4 is 0 Å². The second kappa shape index (κ2) is 7.21. The number of aliphatic hydroxyl groups is 1. The first-order chi connectivity index (χ1) is 9.74. The van der Waals surface area contributed by atoms with E-state index < -0.39 is 0 Å². The standard InChI is InChI=1S/C17H28N2O/c1-3-17(4-2,13-20)12-19-16-9-10-18-11-14-7-5-6-8-15(14)16/h5-8,16,18-20H,3-4,9-13H2,1-2H3. The molecule has 0 amide bonds. The van der Waals surface area contributed by atoms with Gasteiger partial charge in [-0.15, -0.1) is 0 Å². The largest absolute Gasteiger partial charge is 0.396 e. The average molecular weight is 276 g/mol. The van der Waals surface area contributed by atoms with Gasteiger partial charge < -0.3 is 15.7 Å². The van der Waals surface area contributed by atoms with Crippen LogP contribution in [0.4, 0.5) is 0 Å². The SMILES string of the molecule is CCC(CC)(CO)CNC1CCNCc2ccccc21. The molecule has 3 heteroatoms. The summed E-state index contributed by atoms with van der Waals surface area (Å²) in [6, 6.07) is 9.07. The Kier molecular flexibility index (Phi) is 5.58. The Morgan fingerprint density at radius 1 is 1.30 bits per heavy atom. The number of benzene rings is 1. The summed E-state index contributed by atoms with van der Waals surface area (Å²) in [6.07, 6.45) is 3.13. The first kappa shape index (κ1) is 15.5. The third-order valence-electron chi connectivity index (χ3n) is 4.91. The Hall–Kier alpha value is -0.900. The van der Waals surface area contributed by atoms with Crippen LogP contribution in [-0.2, 0) is 6.54 Å². The third kappa shape index (κ3) is 3.40. The monoisotopic (exact) mass is 276 g/mol. The zero-order valence-electron chi connectivity index (χ0n) is 12.8. The van der Waals surface area contributed by atoms with E-state index in [-0.39, 0.29) is 12.0 Å². The topological polar surface area (TPSA) is 44.3 Å². The highest BCUT2D eigenvalue weighted by atomic mass is 16.3. The van der Waals surface area contributed by atoms with E-state index in [2.05, 4.69) is 48.7 Å². The predicted molar refractivity (Wildman–Crippen MR) is 83.6 cm³/mol. The Labute approximate surface area is 122 Å². The Morgan fingerprint density at radius 3 is 2.75 bits per heavy atom. The van der Waals surface area contributed by atoms with Crippen LogP contribution in [0, 0.1) is 5.41 Å². The predicted octanol–water partition coefficient (Wildman–Crippen LogP) is 2.61. The van der Waals surface area contributed by atoms with Gasteiger partial charge in [-0.05, 0) is 36.9 Å². The molecule has 0 spiro atoms. The fourth-order valence-corrected chi connectivity index (χ4v) is 2.99. The number of hydrogen-bond acceptors (Lipinski definition) is 3. The van der Waals surface area contributed by atoms with Gasteiger partial charge in [0.05, 0.1) is 0 Å². The molecule has 0 saturated heterocycles. The van der Waals surface area contributed by atoms with Crippen molar-refractivity contribution in [2.75, 3.05) is 19.7 Å². The van der Waals surface area contributed by atoms with E-state index in [0.717, 1.165) is 38.9 Å². The quantitative estimate of drug-likeness (QED) is 0.748. The van der Waals surface area contributed by atoms with Crippen molar-refractivity contribution in [2.24, 2.45) is 5.41 Å². The van der Waals surface area contributed by atoms with Crippen molar-refractivity contribution in [1.29, 1.82) is 0 Å². The molecule has 0 bridgehead atoms. The molecule has 1 unspecified atom stereocenters. The number of aliphatic hydroxyl groups excluding tert-OH is 1. The molecular weight excluding hydrogens is 248 g/mol. The highest BCUT2D eigenvalue weighted by Gasteiger charge is 2.27. The first-order valence-electron chi connectivity index (χ1n) is 7.87. The van der Waals surface area contributed by atoms with Gasteiger partial charge in [-0.2, -0.15) is 0 Å². The van der Waals surface area contributed by atoms with Gasteiger partial charge in [0.1, 0.15) is 0 Å². The van der Waals surface area contributed by atoms with Crippen molar-refractivity contribution in [3.05, 3.63) is 35.4 Å². The molecule has 2 rings (SSSR count). The second-order valence-electron chi connectivity index (χ2n) is 5.96. The summed E-state index contributed by atoms with van der Waals surface area (Å²) < 4.78 is 0. The summed E-state index contributed by atoms with van der Waals surface area (Å²) in [4.78, 5) is 0. The second-order valence-corrected chi connectivity index (χ2v) is 5.96. The maximum atomic E-state index is 9.70. The van der Waals surface area contributed by atoms with Gasteiger partial charge in [-0.25, -0.2) is 0 Å². The first-order valence-corrected chi connectivity index (χ1v) is 7.87. The highest BCUT2D eigenvalue weighted by molar-refractivity contribution is 5.31. The molecule has 1 aromatic carbocycles. The maximum Gasteiger partial charge on any atom is 0.0499 e. The molecule has 1 aliphatic heterocycles. The normalized spacial score (nSPS) is 19.4. The van der Waals surface area contributed by atoms with Crippen molar-refractivity contribution < 1.29 is 5.11 Å². The van der Waals surface area contributed by atoms with Crippen molar-refractivity contribution in [2.45, 2.75) is 45.7 Å². The molecule has 0 saturated carbocycles. The molecule has 0 fully saturated rings. The van der Waals surface area contributed by atoms with Gasteiger partial charge in [-0.1, -0.05) is 38.1 Å². The fourth-order valence-electron chi connectivity index (χ4n) is 2.99. The van der Waals surface area contributed by atoms with Crippen LogP contribution in [0.3, 0.4) is 0 Å². The smallest absolute Gasteiger partial charge is 0.0499 e. The number of fused-ring (bicyclic) bond motifs is 1. The molecule has 1 heterocycles.